The number of carbonyl (C=O) groups is 1. The minimum atomic E-state index is 0. The molecule has 0 aliphatic heterocycles. The van der Waals surface area contributed by atoms with E-state index in [1.54, 1.807) is 0 Å². The van der Waals surface area contributed by atoms with Crippen molar-refractivity contribution in [1.29, 1.82) is 0 Å². The van der Waals surface area contributed by atoms with Crippen LogP contribution < -0.4 is 0 Å². The van der Waals surface area contributed by atoms with Gasteiger partial charge in [-0.2, -0.15) is 24.6 Å². The Morgan fingerprint density at radius 1 is 1.18 bits per heavy atom. The summed E-state index contributed by atoms with van der Waals surface area (Å²) in [4.78, 5) is 8.69. The molecule has 1 aromatic carbocycles. The molecule has 0 bridgehead atoms. The molecular weight excluding hydrogens is 148 g/mol. The van der Waals surface area contributed by atoms with Crippen LogP contribution in [0.1, 0.15) is 5.56 Å². The molecule has 0 aliphatic rings. The molecule has 0 amide bonds. The van der Waals surface area contributed by atoms with E-state index in [1.165, 1.54) is 0 Å². The third-order valence-electron chi connectivity index (χ3n) is 0.843. The molecule has 0 N–H and O–H groups in total. The summed E-state index contributed by atoms with van der Waals surface area (Å²) in [6, 6.07) is 9.87. The van der Waals surface area contributed by atoms with Crippen molar-refractivity contribution in [3.63, 3.8) is 0 Å². The van der Waals surface area contributed by atoms with Crippen molar-refractivity contribution in [1.82, 2.24) is 0 Å². The van der Waals surface area contributed by atoms with Gasteiger partial charge in [0.25, 0.3) is 0 Å². The largest absolute Gasteiger partial charge is 2.00 e. The molecule has 0 fully saturated rings. The molecule has 0 aromatic heterocycles. The zero-order valence-corrected chi connectivity index (χ0v) is 7.91. The first-order valence-electron chi connectivity index (χ1n) is 2.91. The summed E-state index contributed by atoms with van der Waals surface area (Å²) in [6.45, 7) is 6.53. The fourth-order valence-electron chi connectivity index (χ4n) is 0.478. The number of hydrogen-bond donors (Lipinski definition) is 0. The molecule has 1 aromatic rings. The molecule has 2 heteroatoms. The monoisotopic (exact) mass is 158 g/mol. The average molecular weight is 158 g/mol. The molecule has 0 heterocycles. The van der Waals surface area contributed by atoms with Crippen LogP contribution in [0.3, 0.4) is 0 Å². The number of aldehydes is 1. The molecular formula is C9H10MgO. The molecule has 1 nitrogen and oxygen atoms in total. The second-order valence-electron chi connectivity index (χ2n) is 1.65. The van der Waals surface area contributed by atoms with Crippen LogP contribution in [0.4, 0.5) is 0 Å². The van der Waals surface area contributed by atoms with Gasteiger partial charge in [0, 0.05) is 0 Å². The van der Waals surface area contributed by atoms with Crippen LogP contribution in [-0.2, 0) is 4.79 Å². The molecule has 0 radical (unpaired) electrons. The Morgan fingerprint density at radius 2 is 1.55 bits per heavy atom. The van der Waals surface area contributed by atoms with Gasteiger partial charge in [-0.05, 0) is 6.29 Å². The van der Waals surface area contributed by atoms with E-state index in [0.29, 0.717) is 6.29 Å². The van der Waals surface area contributed by atoms with Gasteiger partial charge in [-0.15, -0.1) is 12.1 Å². The van der Waals surface area contributed by atoms with Crippen LogP contribution >= 0.6 is 0 Å². The topological polar surface area (TPSA) is 17.1 Å². The maximum Gasteiger partial charge on any atom is 2.00 e. The summed E-state index contributed by atoms with van der Waals surface area (Å²) in [5.74, 6) is 0. The van der Waals surface area contributed by atoms with Gasteiger partial charge in [0.2, 0.25) is 0 Å². The standard InChI is InChI=1S/C7H7.C2H3O.Mg/c1-7-5-3-2-4-6-7;1-2-3;/h2-6H,1H2;2H,1H2;/q2*-1;+2. The number of carbonyl (C=O) groups excluding carboxylic acids is 1. The summed E-state index contributed by atoms with van der Waals surface area (Å²) in [6.07, 6.45) is 0.500. The summed E-state index contributed by atoms with van der Waals surface area (Å²) < 4.78 is 0. The van der Waals surface area contributed by atoms with E-state index in [9.17, 15) is 0 Å². The third-order valence-corrected chi connectivity index (χ3v) is 0.843. The van der Waals surface area contributed by atoms with Gasteiger partial charge in [-0.3, -0.25) is 0 Å². The Labute approximate surface area is 84.0 Å². The van der Waals surface area contributed by atoms with E-state index < -0.39 is 0 Å². The third kappa shape index (κ3) is 9.40. The summed E-state index contributed by atoms with van der Waals surface area (Å²) in [5, 5.41) is 0. The molecule has 11 heavy (non-hydrogen) atoms. The van der Waals surface area contributed by atoms with Crippen molar-refractivity contribution in [2.24, 2.45) is 0 Å². The number of hydrogen-bond acceptors (Lipinski definition) is 1. The summed E-state index contributed by atoms with van der Waals surface area (Å²) >= 11 is 0. The van der Waals surface area contributed by atoms with Crippen LogP contribution in [0.2, 0.25) is 0 Å². The van der Waals surface area contributed by atoms with Crippen LogP contribution in [0.5, 0.6) is 0 Å². The first kappa shape index (κ1) is 13.0. The molecule has 0 saturated heterocycles. The maximum absolute atomic E-state index is 8.69. The Balaban J connectivity index is 0. The summed E-state index contributed by atoms with van der Waals surface area (Å²) in [5.41, 5.74) is 1.07. The number of rotatable bonds is 0. The Kier molecular flexibility index (Phi) is 11.1. The molecule has 0 atom stereocenters. The quantitative estimate of drug-likeness (QED) is 0.318. The van der Waals surface area contributed by atoms with Crippen molar-refractivity contribution in [2.45, 2.75) is 0 Å². The second-order valence-corrected chi connectivity index (χ2v) is 1.65. The fourth-order valence-corrected chi connectivity index (χ4v) is 0.478. The van der Waals surface area contributed by atoms with Crippen LogP contribution in [0, 0.1) is 13.8 Å². The van der Waals surface area contributed by atoms with Gasteiger partial charge in [-0.25, -0.2) is 0 Å². The first-order valence-corrected chi connectivity index (χ1v) is 2.91. The maximum atomic E-state index is 8.69. The zero-order valence-electron chi connectivity index (χ0n) is 6.49. The van der Waals surface area contributed by atoms with Crippen molar-refractivity contribution in [3.05, 3.63) is 49.7 Å². The molecule has 54 valence electrons. The van der Waals surface area contributed by atoms with Gasteiger partial charge in [0.05, 0.1) is 0 Å². The van der Waals surface area contributed by atoms with E-state index in [2.05, 4.69) is 13.8 Å². The van der Waals surface area contributed by atoms with Crippen LogP contribution in [0.25, 0.3) is 0 Å². The van der Waals surface area contributed by atoms with E-state index in [0.717, 1.165) is 5.56 Å². The average Bonchev–Trinajstić information content (AvgIpc) is 1.91. The fraction of sp³-hybridized carbons (Fsp3) is 0. The van der Waals surface area contributed by atoms with Crippen LogP contribution in [-0.4, -0.2) is 29.3 Å². The smallest absolute Gasteiger partial charge is 0.343 e. The molecule has 0 unspecified atom stereocenters. The predicted octanol–water partition coefficient (Wildman–Crippen LogP) is 1.51. The Morgan fingerprint density at radius 3 is 1.73 bits per heavy atom. The van der Waals surface area contributed by atoms with E-state index >= 15 is 0 Å². The SMILES string of the molecule is [CH2-]C=O.[CH2-]c1ccccc1.[Mg+2]. The van der Waals surface area contributed by atoms with Crippen molar-refractivity contribution < 1.29 is 4.79 Å². The summed E-state index contributed by atoms with van der Waals surface area (Å²) in [7, 11) is 0. The van der Waals surface area contributed by atoms with Gasteiger partial charge < -0.3 is 11.7 Å². The zero-order chi connectivity index (χ0) is 7.82. The van der Waals surface area contributed by atoms with Crippen LogP contribution in [0.15, 0.2) is 30.3 Å². The van der Waals surface area contributed by atoms with Gasteiger partial charge in [0.15, 0.2) is 0 Å². The molecule has 0 spiro atoms. The Hall–Kier alpha value is -0.604. The minimum absolute atomic E-state index is 0. The van der Waals surface area contributed by atoms with Crippen molar-refractivity contribution in [3.8, 4) is 0 Å². The number of benzene rings is 1. The van der Waals surface area contributed by atoms with E-state index in [4.69, 9.17) is 4.79 Å². The molecule has 1 rings (SSSR count). The Bertz CT molecular complexity index is 172. The van der Waals surface area contributed by atoms with Crippen molar-refractivity contribution >= 4 is 29.3 Å². The van der Waals surface area contributed by atoms with Crippen molar-refractivity contribution in [2.75, 3.05) is 0 Å². The minimum Gasteiger partial charge on any atom is -0.343 e. The normalized spacial score (nSPS) is 6.55. The van der Waals surface area contributed by atoms with Gasteiger partial charge in [-0.1, -0.05) is 6.07 Å². The molecule has 0 aliphatic carbocycles. The van der Waals surface area contributed by atoms with E-state index in [-0.39, 0.29) is 23.1 Å². The second kappa shape index (κ2) is 9.40. The predicted molar refractivity (Wildman–Crippen MR) is 48.1 cm³/mol. The van der Waals surface area contributed by atoms with Gasteiger partial charge in [0.1, 0.15) is 0 Å². The first-order chi connectivity index (χ1) is 4.81. The van der Waals surface area contributed by atoms with E-state index in [1.807, 2.05) is 30.3 Å². The van der Waals surface area contributed by atoms with Gasteiger partial charge >= 0.3 is 23.1 Å². The molecule has 0 saturated carbocycles.